The highest BCUT2D eigenvalue weighted by Gasteiger charge is 2.38. The van der Waals surface area contributed by atoms with Gasteiger partial charge >= 0.3 is 0 Å². The van der Waals surface area contributed by atoms with Crippen LogP contribution in [0.4, 0.5) is 5.82 Å². The Bertz CT molecular complexity index is 650. The summed E-state index contributed by atoms with van der Waals surface area (Å²) in [4.78, 5) is 18.3. The Morgan fingerprint density at radius 2 is 2.16 bits per heavy atom. The summed E-state index contributed by atoms with van der Waals surface area (Å²) in [6.07, 6.45) is 5.27. The number of fused-ring (bicyclic) bond motifs is 3. The quantitative estimate of drug-likeness (QED) is 0.749. The lowest BCUT2D eigenvalue weighted by Crippen LogP contribution is -2.57. The van der Waals surface area contributed by atoms with Crippen LogP contribution in [0.2, 0.25) is 0 Å². The van der Waals surface area contributed by atoms with Crippen molar-refractivity contribution in [1.29, 1.82) is 0 Å². The highest BCUT2D eigenvalue weighted by atomic mass is 16.5. The molecule has 5 heterocycles. The number of ether oxygens (including phenoxy) is 1. The van der Waals surface area contributed by atoms with Gasteiger partial charge in [-0.25, -0.2) is 9.50 Å². The van der Waals surface area contributed by atoms with E-state index in [0.29, 0.717) is 23.4 Å². The fraction of sp³-hybridized carbons (Fsp3) is 0.462. The minimum atomic E-state index is -0.00975. The molecule has 0 aliphatic carbocycles. The van der Waals surface area contributed by atoms with Crippen molar-refractivity contribution in [2.24, 2.45) is 0 Å². The van der Waals surface area contributed by atoms with Gasteiger partial charge in [0.15, 0.2) is 11.4 Å². The van der Waals surface area contributed by atoms with Gasteiger partial charge in [-0.15, -0.1) is 0 Å². The second-order valence-corrected chi connectivity index (χ2v) is 5.19. The minimum Gasteiger partial charge on any atom is -0.371 e. The van der Waals surface area contributed by atoms with E-state index in [1.54, 1.807) is 10.7 Å². The Morgan fingerprint density at radius 1 is 1.42 bits per heavy atom. The van der Waals surface area contributed by atoms with Crippen LogP contribution in [0.25, 0.3) is 5.65 Å². The molecule has 2 aromatic rings. The molecule has 2 unspecified atom stereocenters. The summed E-state index contributed by atoms with van der Waals surface area (Å²) in [7, 11) is 0. The molecule has 3 fully saturated rings. The van der Waals surface area contributed by atoms with Crippen LogP contribution in [-0.2, 0) is 4.74 Å². The Labute approximate surface area is 110 Å². The first kappa shape index (κ1) is 10.9. The number of morpholine rings is 1. The highest BCUT2D eigenvalue weighted by molar-refractivity contribution is 5.99. The zero-order valence-corrected chi connectivity index (χ0v) is 10.6. The molecule has 0 amide bonds. The molecule has 2 bridgehead atoms. The summed E-state index contributed by atoms with van der Waals surface area (Å²) in [6.45, 7) is 3.29. The first-order valence-corrected chi connectivity index (χ1v) is 6.46. The van der Waals surface area contributed by atoms with Gasteiger partial charge in [0.05, 0.1) is 24.0 Å². The molecular weight excluding hydrogens is 244 g/mol. The molecule has 0 saturated carbocycles. The average molecular weight is 258 g/mol. The lowest BCUT2D eigenvalue weighted by atomic mass is 9.99. The van der Waals surface area contributed by atoms with Crippen molar-refractivity contribution in [3.05, 3.63) is 24.0 Å². The van der Waals surface area contributed by atoms with Crippen molar-refractivity contribution in [3.8, 4) is 0 Å². The number of ketones is 1. The van der Waals surface area contributed by atoms with E-state index < -0.39 is 0 Å². The van der Waals surface area contributed by atoms with Crippen LogP contribution >= 0.6 is 0 Å². The van der Waals surface area contributed by atoms with E-state index in [1.807, 2.05) is 12.3 Å². The normalized spacial score (nSPS) is 25.4. The van der Waals surface area contributed by atoms with Gasteiger partial charge in [-0.1, -0.05) is 0 Å². The molecule has 3 aliphatic heterocycles. The van der Waals surface area contributed by atoms with Crippen LogP contribution in [0, 0.1) is 0 Å². The SMILES string of the molecule is CC(=O)c1cnn2ccc(N3CC4CC(C3)O4)nc12. The van der Waals surface area contributed by atoms with Gasteiger partial charge in [0.25, 0.3) is 0 Å². The van der Waals surface area contributed by atoms with E-state index in [9.17, 15) is 4.79 Å². The molecular formula is C13H14N4O2. The van der Waals surface area contributed by atoms with Crippen LogP contribution in [0.5, 0.6) is 0 Å². The smallest absolute Gasteiger partial charge is 0.168 e. The predicted octanol–water partition coefficient (Wildman–Crippen LogP) is 0.909. The molecule has 3 aliphatic rings. The molecule has 5 rings (SSSR count). The molecule has 0 spiro atoms. The number of Topliss-reactive ketones (excluding diaryl/α,β-unsaturated/α-hetero) is 1. The van der Waals surface area contributed by atoms with Crippen molar-refractivity contribution in [2.75, 3.05) is 18.0 Å². The number of hydrogen-bond donors (Lipinski definition) is 0. The monoisotopic (exact) mass is 258 g/mol. The topological polar surface area (TPSA) is 59.7 Å². The second kappa shape index (κ2) is 3.77. The maximum atomic E-state index is 11.5. The van der Waals surface area contributed by atoms with E-state index >= 15 is 0 Å². The van der Waals surface area contributed by atoms with Crippen LogP contribution < -0.4 is 4.90 Å². The molecule has 3 saturated heterocycles. The average Bonchev–Trinajstić information content (AvgIpc) is 2.81. The van der Waals surface area contributed by atoms with Gasteiger partial charge in [-0.3, -0.25) is 4.79 Å². The number of nitrogens with zero attached hydrogens (tertiary/aromatic N) is 4. The van der Waals surface area contributed by atoms with E-state index in [-0.39, 0.29) is 5.78 Å². The number of piperidine rings is 1. The van der Waals surface area contributed by atoms with Crippen LogP contribution in [0.1, 0.15) is 23.7 Å². The number of aromatic nitrogens is 3. The van der Waals surface area contributed by atoms with E-state index in [1.165, 1.54) is 6.92 Å². The van der Waals surface area contributed by atoms with E-state index in [2.05, 4.69) is 15.0 Å². The van der Waals surface area contributed by atoms with Crippen molar-refractivity contribution in [1.82, 2.24) is 14.6 Å². The largest absolute Gasteiger partial charge is 0.371 e. The number of carbonyl (C=O) groups is 1. The number of carbonyl (C=O) groups excluding carboxylic acids is 1. The third-order valence-corrected chi connectivity index (χ3v) is 3.82. The number of hydrogen-bond acceptors (Lipinski definition) is 5. The lowest BCUT2D eigenvalue weighted by molar-refractivity contribution is -0.133. The summed E-state index contributed by atoms with van der Waals surface area (Å²) in [5.41, 5.74) is 1.20. The zero-order valence-electron chi connectivity index (χ0n) is 10.6. The van der Waals surface area contributed by atoms with Crippen molar-refractivity contribution in [3.63, 3.8) is 0 Å². The second-order valence-electron chi connectivity index (χ2n) is 5.19. The lowest BCUT2D eigenvalue weighted by Gasteiger charge is -2.47. The first-order chi connectivity index (χ1) is 9.20. The van der Waals surface area contributed by atoms with Crippen molar-refractivity contribution < 1.29 is 9.53 Å². The van der Waals surface area contributed by atoms with Gasteiger partial charge in [-0.2, -0.15) is 5.10 Å². The van der Waals surface area contributed by atoms with Gasteiger partial charge < -0.3 is 9.64 Å². The third kappa shape index (κ3) is 1.63. The van der Waals surface area contributed by atoms with Gasteiger partial charge in [-0.05, 0) is 13.0 Å². The van der Waals surface area contributed by atoms with Crippen LogP contribution in [0.15, 0.2) is 18.5 Å². The summed E-state index contributed by atoms with van der Waals surface area (Å²) in [5, 5.41) is 4.14. The highest BCUT2D eigenvalue weighted by Crippen LogP contribution is 2.30. The summed E-state index contributed by atoms with van der Waals surface area (Å²) in [6, 6.07) is 1.94. The predicted molar refractivity (Wildman–Crippen MR) is 68.5 cm³/mol. The van der Waals surface area contributed by atoms with Gasteiger partial charge in [0.1, 0.15) is 5.82 Å². The van der Waals surface area contributed by atoms with Crippen LogP contribution in [0.3, 0.4) is 0 Å². The maximum Gasteiger partial charge on any atom is 0.168 e. The van der Waals surface area contributed by atoms with E-state index in [4.69, 9.17) is 4.74 Å². The minimum absolute atomic E-state index is 0.00975. The van der Waals surface area contributed by atoms with Gasteiger partial charge in [0, 0.05) is 25.7 Å². The van der Waals surface area contributed by atoms with Crippen molar-refractivity contribution >= 4 is 17.2 Å². The molecule has 2 aromatic heterocycles. The zero-order chi connectivity index (χ0) is 13.0. The molecule has 0 radical (unpaired) electrons. The summed E-state index contributed by atoms with van der Waals surface area (Å²) < 4.78 is 7.26. The molecule has 0 N–H and O–H groups in total. The van der Waals surface area contributed by atoms with Gasteiger partial charge in [0.2, 0.25) is 0 Å². The van der Waals surface area contributed by atoms with Crippen molar-refractivity contribution in [2.45, 2.75) is 25.6 Å². The fourth-order valence-corrected chi connectivity index (χ4v) is 2.83. The molecule has 6 heteroatoms. The molecule has 0 aromatic carbocycles. The maximum absolute atomic E-state index is 11.5. The Hall–Kier alpha value is -1.95. The standard InChI is InChI=1S/C13H14N4O2/c1-8(18)11-5-14-17-3-2-12(15-13(11)17)16-6-9-4-10(7-16)19-9/h2-3,5,9-10H,4,6-7H2,1H3. The Balaban J connectivity index is 1.74. The Kier molecular flexibility index (Phi) is 2.17. The molecule has 2 atom stereocenters. The Morgan fingerprint density at radius 3 is 2.84 bits per heavy atom. The molecule has 6 nitrogen and oxygen atoms in total. The summed E-state index contributed by atoms with van der Waals surface area (Å²) >= 11 is 0. The fourth-order valence-electron chi connectivity index (χ4n) is 2.83. The number of rotatable bonds is 2. The van der Waals surface area contributed by atoms with Crippen LogP contribution in [-0.4, -0.2) is 45.7 Å². The first-order valence-electron chi connectivity index (χ1n) is 6.46. The molecule has 19 heavy (non-hydrogen) atoms. The summed E-state index contributed by atoms with van der Waals surface area (Å²) in [5.74, 6) is 0.887. The molecule has 98 valence electrons. The third-order valence-electron chi connectivity index (χ3n) is 3.82. The number of anilines is 1. The van der Waals surface area contributed by atoms with E-state index in [0.717, 1.165) is 25.3 Å².